The van der Waals surface area contributed by atoms with Gasteiger partial charge in [-0.1, -0.05) is 76.7 Å². The fraction of sp³-hybridized carbons (Fsp3) is 0.167. The Morgan fingerprint density at radius 2 is 1.93 bits per heavy atom. The Morgan fingerprint density at radius 3 is 2.50 bits per heavy atom. The lowest BCUT2D eigenvalue weighted by Gasteiger charge is -2.25. The topological polar surface area (TPSA) is 0 Å². The van der Waals surface area contributed by atoms with Gasteiger partial charge in [0.15, 0.2) is 0 Å². The van der Waals surface area contributed by atoms with Crippen LogP contribution in [-0.4, -0.2) is 0 Å². The summed E-state index contributed by atoms with van der Waals surface area (Å²) in [5.74, 6) is 0. The van der Waals surface area contributed by atoms with E-state index in [-0.39, 0.29) is 3.42 Å². The second kappa shape index (κ2) is 4.07. The summed E-state index contributed by atoms with van der Waals surface area (Å²) in [5, 5.41) is 0.841. The van der Waals surface area contributed by atoms with Crippen molar-refractivity contribution in [1.29, 1.82) is 0 Å². The molecule has 0 heterocycles. The summed E-state index contributed by atoms with van der Waals surface area (Å²) < 4.78 is 0.0808. The fourth-order valence-electron chi connectivity index (χ4n) is 1.52. The summed E-state index contributed by atoms with van der Waals surface area (Å²) >= 11 is 8.38. The molecule has 72 valence electrons. The summed E-state index contributed by atoms with van der Waals surface area (Å²) in [7, 11) is 0. The molecule has 0 bridgehead atoms. The van der Waals surface area contributed by atoms with Gasteiger partial charge in [0.1, 0.15) is 0 Å². The van der Waals surface area contributed by atoms with E-state index in [0.29, 0.717) is 0 Å². The Balaban J connectivity index is 2.32. The highest BCUT2D eigenvalue weighted by Crippen LogP contribution is 2.40. The van der Waals surface area contributed by atoms with Gasteiger partial charge in [-0.2, -0.15) is 0 Å². The molecule has 1 aromatic rings. The molecule has 0 spiro atoms. The number of alkyl halides is 1. The van der Waals surface area contributed by atoms with Crippen LogP contribution in [-0.2, 0) is 3.42 Å². The fourth-order valence-corrected chi connectivity index (χ4v) is 2.42. The highest BCUT2D eigenvalue weighted by molar-refractivity contribution is 14.1. The van der Waals surface area contributed by atoms with E-state index in [1.165, 1.54) is 5.56 Å². The minimum Gasteiger partial charge on any atom is -0.0847 e. The second-order valence-corrected chi connectivity index (χ2v) is 5.72. The smallest absolute Gasteiger partial charge is 0.0688 e. The lowest BCUT2D eigenvalue weighted by Crippen LogP contribution is -2.15. The molecule has 0 radical (unpaired) electrons. The molecule has 0 N–H and O–H groups in total. The van der Waals surface area contributed by atoms with Gasteiger partial charge in [0.2, 0.25) is 0 Å². The van der Waals surface area contributed by atoms with E-state index in [9.17, 15) is 0 Å². The Kier molecular flexibility index (Phi) is 2.98. The van der Waals surface area contributed by atoms with Gasteiger partial charge in [0.05, 0.1) is 3.42 Å². The van der Waals surface area contributed by atoms with Crippen LogP contribution in [0.4, 0.5) is 0 Å². The number of hydrogen-bond acceptors (Lipinski definition) is 0. The van der Waals surface area contributed by atoms with Gasteiger partial charge in [0, 0.05) is 5.03 Å². The molecule has 1 unspecified atom stereocenters. The first-order valence-corrected chi connectivity index (χ1v) is 5.96. The minimum absolute atomic E-state index is 0.0808. The van der Waals surface area contributed by atoms with E-state index >= 15 is 0 Å². The van der Waals surface area contributed by atoms with Gasteiger partial charge in [-0.3, -0.25) is 0 Å². The van der Waals surface area contributed by atoms with Crippen molar-refractivity contribution in [3.63, 3.8) is 0 Å². The molecule has 2 rings (SSSR count). The van der Waals surface area contributed by atoms with Crippen LogP contribution >= 0.6 is 34.2 Å². The van der Waals surface area contributed by atoms with Crippen molar-refractivity contribution in [3.8, 4) is 0 Å². The number of hydrogen-bond donors (Lipinski definition) is 0. The van der Waals surface area contributed by atoms with Crippen LogP contribution in [0.15, 0.2) is 53.6 Å². The van der Waals surface area contributed by atoms with Crippen LogP contribution in [0.25, 0.3) is 0 Å². The number of allylic oxidation sites excluding steroid dienone is 4. The van der Waals surface area contributed by atoms with Crippen molar-refractivity contribution in [2.75, 3.05) is 0 Å². The molecule has 1 aliphatic carbocycles. The van der Waals surface area contributed by atoms with E-state index in [1.54, 1.807) is 0 Å². The van der Waals surface area contributed by atoms with Crippen molar-refractivity contribution in [1.82, 2.24) is 0 Å². The lowest BCUT2D eigenvalue weighted by molar-refractivity contribution is 0.816. The average molecular weight is 317 g/mol. The van der Waals surface area contributed by atoms with Gasteiger partial charge < -0.3 is 0 Å². The molecule has 0 saturated carbocycles. The zero-order valence-corrected chi connectivity index (χ0v) is 10.5. The van der Waals surface area contributed by atoms with Crippen LogP contribution in [0, 0.1) is 0 Å². The average Bonchev–Trinajstić information content (AvgIpc) is 2.24. The Morgan fingerprint density at radius 1 is 1.21 bits per heavy atom. The lowest BCUT2D eigenvalue weighted by atomic mass is 9.92. The summed E-state index contributed by atoms with van der Waals surface area (Å²) in [6.07, 6.45) is 7.18. The van der Waals surface area contributed by atoms with Gasteiger partial charge in [-0.25, -0.2) is 0 Å². The maximum absolute atomic E-state index is 5.90. The molecule has 1 atom stereocenters. The van der Waals surface area contributed by atoms with E-state index < -0.39 is 0 Å². The maximum atomic E-state index is 5.90. The zero-order chi connectivity index (χ0) is 10.0. The standard InChI is InChI=1S/C12H10ClI/c13-11-6-8-12(14,9-7-11)10-4-2-1-3-5-10/h1-8H,9H2. The van der Waals surface area contributed by atoms with Crippen LogP contribution in [0.5, 0.6) is 0 Å². The minimum atomic E-state index is 0.0808. The van der Waals surface area contributed by atoms with E-state index in [0.717, 1.165) is 11.5 Å². The van der Waals surface area contributed by atoms with Gasteiger partial charge in [-0.15, -0.1) is 0 Å². The van der Waals surface area contributed by atoms with E-state index in [4.69, 9.17) is 11.6 Å². The number of benzene rings is 1. The molecule has 0 fully saturated rings. The van der Waals surface area contributed by atoms with Gasteiger partial charge in [0.25, 0.3) is 0 Å². The summed E-state index contributed by atoms with van der Waals surface area (Å²) in [5.41, 5.74) is 1.33. The Bertz CT molecular complexity index is 381. The highest BCUT2D eigenvalue weighted by atomic mass is 127. The molecular weight excluding hydrogens is 306 g/mol. The molecule has 0 aliphatic heterocycles. The molecular formula is C12H10ClI. The first-order chi connectivity index (χ1) is 6.71. The van der Waals surface area contributed by atoms with Crippen LogP contribution in [0.2, 0.25) is 0 Å². The molecule has 2 heteroatoms. The maximum Gasteiger partial charge on any atom is 0.0688 e. The van der Waals surface area contributed by atoms with Crippen LogP contribution in [0.1, 0.15) is 12.0 Å². The molecule has 0 saturated heterocycles. The first kappa shape index (κ1) is 10.2. The van der Waals surface area contributed by atoms with E-state index in [1.807, 2.05) is 12.1 Å². The van der Waals surface area contributed by atoms with Gasteiger partial charge in [-0.05, 0) is 18.1 Å². The quantitative estimate of drug-likeness (QED) is 0.532. The number of rotatable bonds is 1. The van der Waals surface area contributed by atoms with Crippen molar-refractivity contribution in [2.45, 2.75) is 9.84 Å². The molecule has 0 amide bonds. The van der Waals surface area contributed by atoms with Gasteiger partial charge >= 0.3 is 0 Å². The van der Waals surface area contributed by atoms with Crippen molar-refractivity contribution < 1.29 is 0 Å². The van der Waals surface area contributed by atoms with E-state index in [2.05, 4.69) is 59.0 Å². The largest absolute Gasteiger partial charge is 0.0847 e. The Labute approximate surface area is 103 Å². The molecule has 14 heavy (non-hydrogen) atoms. The van der Waals surface area contributed by atoms with Crippen LogP contribution < -0.4 is 0 Å². The monoisotopic (exact) mass is 316 g/mol. The van der Waals surface area contributed by atoms with Crippen LogP contribution in [0.3, 0.4) is 0 Å². The summed E-state index contributed by atoms with van der Waals surface area (Å²) in [6.45, 7) is 0. The normalized spacial score (nSPS) is 26.0. The third-order valence-electron chi connectivity index (χ3n) is 2.35. The van der Waals surface area contributed by atoms with Crippen molar-refractivity contribution in [3.05, 3.63) is 59.2 Å². The molecule has 1 aliphatic rings. The predicted molar refractivity (Wildman–Crippen MR) is 69.8 cm³/mol. The summed E-state index contributed by atoms with van der Waals surface area (Å²) in [4.78, 5) is 0. The molecule has 1 aromatic carbocycles. The Hall–Kier alpha value is -0.280. The predicted octanol–water partition coefficient (Wildman–Crippen LogP) is 4.40. The zero-order valence-electron chi connectivity index (χ0n) is 7.58. The third kappa shape index (κ3) is 2.04. The van der Waals surface area contributed by atoms with Crippen molar-refractivity contribution in [2.24, 2.45) is 0 Å². The first-order valence-electron chi connectivity index (χ1n) is 4.50. The SMILES string of the molecule is ClC1=CCC(I)(c2ccccc2)C=C1. The van der Waals surface area contributed by atoms with Crippen molar-refractivity contribution >= 4 is 34.2 Å². The number of halogens is 2. The summed E-state index contributed by atoms with van der Waals surface area (Å²) in [6, 6.07) is 10.5. The second-order valence-electron chi connectivity index (χ2n) is 3.35. The molecule has 0 nitrogen and oxygen atoms in total. The molecule has 0 aromatic heterocycles. The third-order valence-corrected chi connectivity index (χ3v) is 4.06. The highest BCUT2D eigenvalue weighted by Gasteiger charge is 2.26.